The summed E-state index contributed by atoms with van der Waals surface area (Å²) in [5.41, 5.74) is 3.13. The lowest BCUT2D eigenvalue weighted by Gasteiger charge is -2.27. The standard InChI is InChI=1S/C26H40N6O/c1-3-4-18(2)30-26-29-17-23(25(32-26)31-21-6-8-22(33)9-7-21)24-10-5-20(16-28-24)15-19-11-13-27-14-12-19/h5,10,16-19,21-22,27,33H,3-4,6-9,11-15H2,1-2H3,(H2,29,30,31,32)/t18-,21?,22?/m0/s1. The normalized spacial score (nSPS) is 22.6. The second-order valence-corrected chi connectivity index (χ2v) is 9.89. The van der Waals surface area contributed by atoms with Gasteiger partial charge in [-0.15, -0.1) is 0 Å². The van der Waals surface area contributed by atoms with Crippen molar-refractivity contribution in [2.75, 3.05) is 23.7 Å². The van der Waals surface area contributed by atoms with Gasteiger partial charge in [-0.2, -0.15) is 4.98 Å². The van der Waals surface area contributed by atoms with E-state index in [0.29, 0.717) is 18.0 Å². The van der Waals surface area contributed by atoms with Crippen LogP contribution in [-0.2, 0) is 6.42 Å². The highest BCUT2D eigenvalue weighted by atomic mass is 16.3. The minimum absolute atomic E-state index is 0.172. The Morgan fingerprint density at radius 1 is 1.06 bits per heavy atom. The maximum absolute atomic E-state index is 9.89. The van der Waals surface area contributed by atoms with Crippen molar-refractivity contribution in [1.82, 2.24) is 20.3 Å². The average molecular weight is 453 g/mol. The summed E-state index contributed by atoms with van der Waals surface area (Å²) in [7, 11) is 0. The van der Waals surface area contributed by atoms with Crippen LogP contribution in [0, 0.1) is 5.92 Å². The first kappa shape index (κ1) is 23.9. The molecule has 7 nitrogen and oxygen atoms in total. The van der Waals surface area contributed by atoms with Crippen molar-refractivity contribution in [3.05, 3.63) is 30.1 Å². The van der Waals surface area contributed by atoms with Gasteiger partial charge in [0.1, 0.15) is 5.82 Å². The van der Waals surface area contributed by atoms with E-state index >= 15 is 0 Å². The Hall–Kier alpha value is -2.25. The van der Waals surface area contributed by atoms with Crippen LogP contribution in [0.4, 0.5) is 11.8 Å². The quantitative estimate of drug-likeness (QED) is 0.448. The summed E-state index contributed by atoms with van der Waals surface area (Å²) in [6.45, 7) is 6.60. The van der Waals surface area contributed by atoms with Crippen molar-refractivity contribution >= 4 is 11.8 Å². The van der Waals surface area contributed by atoms with Crippen LogP contribution in [0.2, 0.25) is 0 Å². The number of hydrogen-bond acceptors (Lipinski definition) is 7. The number of rotatable bonds is 9. The molecule has 0 radical (unpaired) electrons. The smallest absolute Gasteiger partial charge is 0.224 e. The number of nitrogens with zero attached hydrogens (tertiary/aromatic N) is 3. The lowest BCUT2D eigenvalue weighted by Crippen LogP contribution is -2.29. The zero-order chi connectivity index (χ0) is 23.0. The Morgan fingerprint density at radius 2 is 1.85 bits per heavy atom. The predicted molar refractivity (Wildman–Crippen MR) is 134 cm³/mol. The molecule has 0 aromatic carbocycles. The van der Waals surface area contributed by atoms with E-state index in [-0.39, 0.29) is 6.10 Å². The van der Waals surface area contributed by atoms with Crippen molar-refractivity contribution in [3.8, 4) is 11.3 Å². The fourth-order valence-corrected chi connectivity index (χ4v) is 5.01. The first-order valence-electron chi connectivity index (χ1n) is 12.8. The molecule has 1 aliphatic heterocycles. The highest BCUT2D eigenvalue weighted by Gasteiger charge is 2.22. The number of nitrogens with one attached hydrogen (secondary N) is 3. The number of piperidine rings is 1. The van der Waals surface area contributed by atoms with Gasteiger partial charge in [0.15, 0.2) is 0 Å². The molecule has 0 spiro atoms. The second-order valence-electron chi connectivity index (χ2n) is 9.89. The van der Waals surface area contributed by atoms with E-state index in [1.54, 1.807) is 0 Å². The van der Waals surface area contributed by atoms with Gasteiger partial charge in [-0.25, -0.2) is 4.98 Å². The maximum atomic E-state index is 9.89. The second kappa shape index (κ2) is 11.7. The average Bonchev–Trinajstić information content (AvgIpc) is 2.82. The summed E-state index contributed by atoms with van der Waals surface area (Å²) < 4.78 is 0. The van der Waals surface area contributed by atoms with Gasteiger partial charge in [-0.3, -0.25) is 4.98 Å². The van der Waals surface area contributed by atoms with E-state index < -0.39 is 0 Å². The van der Waals surface area contributed by atoms with Crippen LogP contribution >= 0.6 is 0 Å². The first-order chi connectivity index (χ1) is 16.1. The molecule has 4 rings (SSSR count). The molecule has 0 unspecified atom stereocenters. The van der Waals surface area contributed by atoms with Gasteiger partial charge < -0.3 is 21.1 Å². The zero-order valence-corrected chi connectivity index (χ0v) is 20.2. The molecule has 1 aliphatic carbocycles. The lowest BCUT2D eigenvalue weighted by atomic mass is 9.91. The van der Waals surface area contributed by atoms with Crippen LogP contribution in [0.15, 0.2) is 24.5 Å². The highest BCUT2D eigenvalue weighted by Crippen LogP contribution is 2.29. The number of anilines is 2. The Morgan fingerprint density at radius 3 is 2.55 bits per heavy atom. The Kier molecular flexibility index (Phi) is 8.51. The molecule has 2 aliphatic rings. The number of aromatic nitrogens is 3. The van der Waals surface area contributed by atoms with E-state index in [9.17, 15) is 5.11 Å². The summed E-state index contributed by atoms with van der Waals surface area (Å²) >= 11 is 0. The molecule has 1 saturated carbocycles. The number of hydrogen-bond donors (Lipinski definition) is 4. The van der Waals surface area contributed by atoms with Crippen LogP contribution in [-0.4, -0.2) is 51.3 Å². The molecule has 0 bridgehead atoms. The van der Waals surface area contributed by atoms with E-state index in [2.05, 4.69) is 46.9 Å². The molecule has 2 fully saturated rings. The molecule has 7 heteroatoms. The van der Waals surface area contributed by atoms with Crippen LogP contribution in [0.25, 0.3) is 11.3 Å². The fraction of sp³-hybridized carbons (Fsp3) is 0.654. The van der Waals surface area contributed by atoms with E-state index in [4.69, 9.17) is 9.97 Å². The monoisotopic (exact) mass is 452 g/mol. The van der Waals surface area contributed by atoms with Crippen LogP contribution in [0.1, 0.15) is 70.8 Å². The topological polar surface area (TPSA) is 95.0 Å². The van der Waals surface area contributed by atoms with Crippen LogP contribution < -0.4 is 16.0 Å². The Labute approximate surface area is 198 Å². The molecule has 3 heterocycles. The third kappa shape index (κ3) is 6.87. The van der Waals surface area contributed by atoms with Gasteiger partial charge in [-0.05, 0) is 88.9 Å². The Balaban J connectivity index is 1.52. The van der Waals surface area contributed by atoms with Crippen LogP contribution in [0.3, 0.4) is 0 Å². The number of aliphatic hydroxyl groups is 1. The molecular weight excluding hydrogens is 412 g/mol. The maximum Gasteiger partial charge on any atom is 0.224 e. The molecule has 180 valence electrons. The minimum atomic E-state index is -0.172. The molecule has 1 saturated heterocycles. The van der Waals surface area contributed by atoms with E-state index in [0.717, 1.165) is 81.0 Å². The predicted octanol–water partition coefficient (Wildman–Crippen LogP) is 4.40. The molecule has 1 atom stereocenters. The molecular formula is C26H40N6O. The number of aliphatic hydroxyl groups excluding tert-OH is 1. The first-order valence-corrected chi connectivity index (χ1v) is 12.8. The van der Waals surface area contributed by atoms with Gasteiger partial charge in [0.25, 0.3) is 0 Å². The van der Waals surface area contributed by atoms with Crippen molar-refractivity contribution in [3.63, 3.8) is 0 Å². The van der Waals surface area contributed by atoms with Crippen molar-refractivity contribution < 1.29 is 5.11 Å². The van der Waals surface area contributed by atoms with Crippen LogP contribution in [0.5, 0.6) is 0 Å². The largest absolute Gasteiger partial charge is 0.393 e. The molecule has 33 heavy (non-hydrogen) atoms. The van der Waals surface area contributed by atoms with Gasteiger partial charge in [-0.1, -0.05) is 19.4 Å². The molecule has 2 aromatic heterocycles. The summed E-state index contributed by atoms with van der Waals surface area (Å²) in [6.07, 6.45) is 13.1. The fourth-order valence-electron chi connectivity index (χ4n) is 5.01. The third-order valence-electron chi connectivity index (χ3n) is 7.01. The van der Waals surface area contributed by atoms with E-state index in [1.165, 1.54) is 18.4 Å². The number of pyridine rings is 1. The van der Waals surface area contributed by atoms with Gasteiger partial charge in [0.2, 0.25) is 5.95 Å². The van der Waals surface area contributed by atoms with Crippen molar-refractivity contribution in [2.45, 2.75) is 89.8 Å². The molecule has 2 aromatic rings. The lowest BCUT2D eigenvalue weighted by molar-refractivity contribution is 0.126. The highest BCUT2D eigenvalue weighted by molar-refractivity contribution is 5.73. The molecule has 0 amide bonds. The summed E-state index contributed by atoms with van der Waals surface area (Å²) in [5, 5.41) is 20.4. The third-order valence-corrected chi connectivity index (χ3v) is 7.01. The SMILES string of the molecule is CCC[C@H](C)Nc1ncc(-c2ccc(CC3CCNCC3)cn2)c(NC2CCC(O)CC2)n1. The van der Waals surface area contributed by atoms with Gasteiger partial charge >= 0.3 is 0 Å². The minimum Gasteiger partial charge on any atom is -0.393 e. The Bertz CT molecular complexity index is 860. The van der Waals surface area contributed by atoms with Gasteiger partial charge in [0.05, 0.1) is 17.4 Å². The summed E-state index contributed by atoms with van der Waals surface area (Å²) in [5.74, 6) is 2.23. The van der Waals surface area contributed by atoms with Crippen molar-refractivity contribution in [1.29, 1.82) is 0 Å². The summed E-state index contributed by atoms with van der Waals surface area (Å²) in [6, 6.07) is 4.95. The van der Waals surface area contributed by atoms with Crippen molar-refractivity contribution in [2.24, 2.45) is 5.92 Å². The zero-order valence-electron chi connectivity index (χ0n) is 20.2. The van der Waals surface area contributed by atoms with E-state index in [1.807, 2.05) is 12.4 Å². The molecule has 4 N–H and O–H groups in total. The van der Waals surface area contributed by atoms with Gasteiger partial charge in [0, 0.05) is 24.5 Å². The summed E-state index contributed by atoms with van der Waals surface area (Å²) in [4.78, 5) is 14.3.